The van der Waals surface area contributed by atoms with E-state index in [0.29, 0.717) is 0 Å². The van der Waals surface area contributed by atoms with Crippen LogP contribution in [0.4, 0.5) is 0 Å². The van der Waals surface area contributed by atoms with E-state index in [1.165, 1.54) is 10.5 Å². The highest BCUT2D eigenvalue weighted by atomic mass is 79.9. The summed E-state index contributed by atoms with van der Waals surface area (Å²) in [6.07, 6.45) is 1.91. The molecule has 2 aromatic carbocycles. The molecule has 1 nitrogen and oxygen atoms in total. The van der Waals surface area contributed by atoms with Crippen LogP contribution in [0, 0.1) is 0 Å². The van der Waals surface area contributed by atoms with E-state index in [4.69, 9.17) is 17.3 Å². The Balaban J connectivity index is 2.13. The number of rotatable bonds is 5. The van der Waals surface area contributed by atoms with Crippen LogP contribution >= 0.6 is 39.3 Å². The Hall–Kier alpha value is -0.480. The molecule has 106 valence electrons. The molecule has 20 heavy (non-hydrogen) atoms. The van der Waals surface area contributed by atoms with Gasteiger partial charge in [0.05, 0.1) is 0 Å². The molecular formula is C16H17BrClNS. The highest BCUT2D eigenvalue weighted by Gasteiger charge is 2.07. The van der Waals surface area contributed by atoms with Crippen molar-refractivity contribution in [2.24, 2.45) is 5.73 Å². The second-order valence-corrected chi connectivity index (χ2v) is 7.10. The van der Waals surface area contributed by atoms with Crippen LogP contribution in [0.2, 0.25) is 5.02 Å². The number of hydrogen-bond acceptors (Lipinski definition) is 2. The molecule has 2 aromatic rings. The molecule has 1 unspecified atom stereocenters. The van der Waals surface area contributed by atoms with Gasteiger partial charge in [-0.05, 0) is 64.7 Å². The molecule has 2 rings (SSSR count). The highest BCUT2D eigenvalue weighted by Crippen LogP contribution is 2.35. The first kappa shape index (κ1) is 15.9. The van der Waals surface area contributed by atoms with Crippen molar-refractivity contribution in [3.63, 3.8) is 0 Å². The minimum absolute atomic E-state index is 0.230. The fraction of sp³-hybridized carbons (Fsp3) is 0.250. The third-order valence-corrected chi connectivity index (χ3v) is 5.26. The summed E-state index contributed by atoms with van der Waals surface area (Å²) < 4.78 is 1.10. The number of hydrogen-bond donors (Lipinski definition) is 1. The zero-order valence-corrected chi connectivity index (χ0v) is 14.4. The van der Waals surface area contributed by atoms with E-state index >= 15 is 0 Å². The summed E-state index contributed by atoms with van der Waals surface area (Å²) >= 11 is 11.3. The first-order valence-corrected chi connectivity index (χ1v) is 8.54. The Kier molecular flexibility index (Phi) is 5.97. The molecule has 0 saturated heterocycles. The second-order valence-electron chi connectivity index (χ2n) is 4.70. The minimum atomic E-state index is 0.230. The van der Waals surface area contributed by atoms with Crippen molar-refractivity contribution in [2.75, 3.05) is 0 Å². The van der Waals surface area contributed by atoms with Gasteiger partial charge in [0.2, 0.25) is 0 Å². The van der Waals surface area contributed by atoms with Crippen molar-refractivity contribution in [2.45, 2.75) is 35.6 Å². The third kappa shape index (κ3) is 4.52. The molecule has 1 atom stereocenters. The molecule has 0 radical (unpaired) electrons. The van der Waals surface area contributed by atoms with E-state index in [-0.39, 0.29) is 6.04 Å². The van der Waals surface area contributed by atoms with Crippen molar-refractivity contribution in [3.05, 3.63) is 57.5 Å². The van der Waals surface area contributed by atoms with Gasteiger partial charge in [-0.15, -0.1) is 0 Å². The van der Waals surface area contributed by atoms with Crippen LogP contribution in [0.1, 0.15) is 18.9 Å². The molecular weight excluding hydrogens is 354 g/mol. The molecule has 0 bridgehead atoms. The molecule has 0 saturated carbocycles. The average Bonchev–Trinajstić information content (AvgIpc) is 2.42. The molecule has 0 heterocycles. The van der Waals surface area contributed by atoms with Gasteiger partial charge in [-0.25, -0.2) is 0 Å². The maximum atomic E-state index is 6.01. The number of halogens is 2. The van der Waals surface area contributed by atoms with Crippen molar-refractivity contribution < 1.29 is 0 Å². The summed E-state index contributed by atoms with van der Waals surface area (Å²) in [7, 11) is 0. The SMILES string of the molecule is CCC(N)Cc1ccc(Sc2cccc(Cl)c2)c(Br)c1. The minimum Gasteiger partial charge on any atom is -0.327 e. The van der Waals surface area contributed by atoms with Gasteiger partial charge in [-0.1, -0.05) is 42.4 Å². The maximum absolute atomic E-state index is 6.01. The molecule has 0 aliphatic heterocycles. The fourth-order valence-electron chi connectivity index (χ4n) is 1.86. The van der Waals surface area contributed by atoms with Crippen LogP contribution in [0.5, 0.6) is 0 Å². The quantitative estimate of drug-likeness (QED) is 0.748. The molecule has 0 spiro atoms. The van der Waals surface area contributed by atoms with Crippen molar-refractivity contribution >= 4 is 39.3 Å². The van der Waals surface area contributed by atoms with E-state index < -0.39 is 0 Å². The van der Waals surface area contributed by atoms with Crippen LogP contribution < -0.4 is 5.73 Å². The maximum Gasteiger partial charge on any atom is 0.0417 e. The first-order valence-electron chi connectivity index (χ1n) is 6.56. The fourth-order valence-corrected chi connectivity index (χ4v) is 3.66. The Labute approximate surface area is 138 Å². The molecule has 2 N–H and O–H groups in total. The van der Waals surface area contributed by atoms with Gasteiger partial charge in [0.1, 0.15) is 0 Å². The van der Waals surface area contributed by atoms with E-state index in [2.05, 4.69) is 47.1 Å². The molecule has 4 heteroatoms. The summed E-state index contributed by atoms with van der Waals surface area (Å²) in [5, 5.41) is 0.761. The standard InChI is InChI=1S/C16H17BrClNS/c1-2-13(19)8-11-6-7-16(15(17)9-11)20-14-5-3-4-12(18)10-14/h3-7,9-10,13H,2,8,19H2,1H3. The Morgan fingerprint density at radius 2 is 2.05 bits per heavy atom. The largest absolute Gasteiger partial charge is 0.327 e. The molecule has 0 aliphatic rings. The van der Waals surface area contributed by atoms with Gasteiger partial charge in [0.25, 0.3) is 0 Å². The summed E-state index contributed by atoms with van der Waals surface area (Å²) in [5.74, 6) is 0. The Bertz CT molecular complexity index is 588. The van der Waals surface area contributed by atoms with E-state index in [9.17, 15) is 0 Å². The number of benzene rings is 2. The van der Waals surface area contributed by atoms with Crippen LogP contribution in [0.25, 0.3) is 0 Å². The highest BCUT2D eigenvalue weighted by molar-refractivity contribution is 9.10. The predicted molar refractivity (Wildman–Crippen MR) is 91.7 cm³/mol. The normalized spacial score (nSPS) is 12.4. The van der Waals surface area contributed by atoms with Crippen molar-refractivity contribution in [1.29, 1.82) is 0 Å². The van der Waals surface area contributed by atoms with Gasteiger partial charge in [-0.2, -0.15) is 0 Å². The molecule has 0 aromatic heterocycles. The lowest BCUT2D eigenvalue weighted by Gasteiger charge is -2.11. The topological polar surface area (TPSA) is 26.0 Å². The zero-order chi connectivity index (χ0) is 14.5. The van der Waals surface area contributed by atoms with Crippen LogP contribution in [-0.2, 0) is 6.42 Å². The van der Waals surface area contributed by atoms with E-state index in [1.807, 2.05) is 18.2 Å². The third-order valence-electron chi connectivity index (χ3n) is 3.04. The van der Waals surface area contributed by atoms with E-state index in [1.54, 1.807) is 11.8 Å². The molecule has 0 fully saturated rings. The molecule has 0 aliphatic carbocycles. The van der Waals surface area contributed by atoms with Crippen LogP contribution in [0.3, 0.4) is 0 Å². The predicted octanol–water partition coefficient (Wildman–Crippen LogP) is 5.53. The average molecular weight is 371 g/mol. The van der Waals surface area contributed by atoms with Crippen LogP contribution in [-0.4, -0.2) is 6.04 Å². The van der Waals surface area contributed by atoms with Gasteiger partial charge in [0.15, 0.2) is 0 Å². The first-order chi connectivity index (χ1) is 9.58. The summed E-state index contributed by atoms with van der Waals surface area (Å²) in [5.41, 5.74) is 7.26. The van der Waals surface area contributed by atoms with Gasteiger partial charge in [0, 0.05) is 25.3 Å². The lowest BCUT2D eigenvalue weighted by Crippen LogP contribution is -2.21. The Morgan fingerprint density at radius 3 is 2.70 bits per heavy atom. The van der Waals surface area contributed by atoms with Crippen molar-refractivity contribution in [3.8, 4) is 0 Å². The van der Waals surface area contributed by atoms with Gasteiger partial charge < -0.3 is 5.73 Å². The van der Waals surface area contributed by atoms with E-state index in [0.717, 1.165) is 27.2 Å². The van der Waals surface area contributed by atoms with Gasteiger partial charge >= 0.3 is 0 Å². The second kappa shape index (κ2) is 7.51. The summed E-state index contributed by atoms with van der Waals surface area (Å²) in [4.78, 5) is 2.32. The number of nitrogens with two attached hydrogens (primary N) is 1. The summed E-state index contributed by atoms with van der Waals surface area (Å²) in [6, 6.07) is 14.5. The lowest BCUT2D eigenvalue weighted by molar-refractivity contribution is 0.646. The smallest absolute Gasteiger partial charge is 0.0417 e. The molecule has 0 amide bonds. The Morgan fingerprint density at radius 1 is 1.25 bits per heavy atom. The zero-order valence-electron chi connectivity index (χ0n) is 11.3. The lowest BCUT2D eigenvalue weighted by atomic mass is 10.1. The monoisotopic (exact) mass is 369 g/mol. The van der Waals surface area contributed by atoms with Gasteiger partial charge in [-0.3, -0.25) is 0 Å². The van der Waals surface area contributed by atoms with Crippen LogP contribution in [0.15, 0.2) is 56.7 Å². The van der Waals surface area contributed by atoms with Crippen molar-refractivity contribution in [1.82, 2.24) is 0 Å². The summed E-state index contributed by atoms with van der Waals surface area (Å²) in [6.45, 7) is 2.11.